The largest absolute Gasteiger partial charge is 0.310 e. The summed E-state index contributed by atoms with van der Waals surface area (Å²) in [7, 11) is 0. The van der Waals surface area contributed by atoms with E-state index in [4.69, 9.17) is 0 Å². The summed E-state index contributed by atoms with van der Waals surface area (Å²) < 4.78 is 0. The topological polar surface area (TPSA) is 12.0 Å². The van der Waals surface area contributed by atoms with Crippen LogP contribution in [0.5, 0.6) is 0 Å². The van der Waals surface area contributed by atoms with Crippen LogP contribution in [0, 0.1) is 5.92 Å². The van der Waals surface area contributed by atoms with Gasteiger partial charge in [0.15, 0.2) is 0 Å². The van der Waals surface area contributed by atoms with Crippen molar-refractivity contribution in [3.8, 4) is 0 Å². The number of rotatable bonds is 3. The van der Waals surface area contributed by atoms with Gasteiger partial charge in [0.25, 0.3) is 0 Å². The van der Waals surface area contributed by atoms with Gasteiger partial charge in [-0.05, 0) is 32.1 Å². The Kier molecular flexibility index (Phi) is 3.78. The van der Waals surface area contributed by atoms with Crippen LogP contribution in [0.25, 0.3) is 0 Å². The van der Waals surface area contributed by atoms with Gasteiger partial charge in [-0.1, -0.05) is 19.8 Å². The minimum atomic E-state index is 0.758. The predicted octanol–water partition coefficient (Wildman–Crippen LogP) is 3.05. The van der Waals surface area contributed by atoms with E-state index in [0.29, 0.717) is 0 Å². The minimum Gasteiger partial charge on any atom is -0.310 e. The van der Waals surface area contributed by atoms with Crippen LogP contribution in [0.1, 0.15) is 46.0 Å². The number of nitrogens with one attached hydrogen (secondary N) is 1. The molecule has 14 heavy (non-hydrogen) atoms. The lowest BCUT2D eigenvalue weighted by molar-refractivity contribution is 0.348. The molecule has 2 aliphatic rings. The van der Waals surface area contributed by atoms with Gasteiger partial charge in [0.1, 0.15) is 0 Å². The van der Waals surface area contributed by atoms with E-state index in [1.165, 1.54) is 37.9 Å². The second-order valence-corrected chi connectivity index (χ2v) is 6.55. The predicted molar refractivity (Wildman–Crippen MR) is 64.9 cm³/mol. The van der Waals surface area contributed by atoms with E-state index in [2.05, 4.69) is 30.9 Å². The van der Waals surface area contributed by atoms with E-state index in [0.717, 1.165) is 23.3 Å². The summed E-state index contributed by atoms with van der Waals surface area (Å²) >= 11 is 2.13. The average molecular weight is 213 g/mol. The molecule has 2 unspecified atom stereocenters. The van der Waals surface area contributed by atoms with E-state index in [9.17, 15) is 0 Å². The molecular formula is C12H23NS. The molecule has 0 radical (unpaired) electrons. The first kappa shape index (κ1) is 10.8. The van der Waals surface area contributed by atoms with Crippen LogP contribution < -0.4 is 5.32 Å². The van der Waals surface area contributed by atoms with Gasteiger partial charge in [-0.3, -0.25) is 0 Å². The molecular weight excluding hydrogens is 190 g/mol. The van der Waals surface area contributed by atoms with E-state index < -0.39 is 0 Å². The Morgan fingerprint density at radius 1 is 1.29 bits per heavy atom. The second kappa shape index (κ2) is 4.89. The van der Waals surface area contributed by atoms with Crippen LogP contribution in [-0.4, -0.2) is 23.1 Å². The Balaban J connectivity index is 1.73. The first-order chi connectivity index (χ1) is 6.75. The third-order valence-electron chi connectivity index (χ3n) is 3.80. The van der Waals surface area contributed by atoms with Crippen molar-refractivity contribution in [1.82, 2.24) is 5.32 Å². The molecule has 0 aromatic heterocycles. The highest BCUT2D eigenvalue weighted by Gasteiger charge is 2.27. The van der Waals surface area contributed by atoms with Crippen LogP contribution >= 0.6 is 11.8 Å². The lowest BCUT2D eigenvalue weighted by atomic mass is 9.98. The standard InChI is InChI=1S/C12H23NS/c1-9-7-12(8-14-9)13-10(2)11-5-3-4-6-11/h9-13H,3-8H2,1-2H3/t9?,10-,12?/m1/s1. The molecule has 2 rings (SSSR count). The van der Waals surface area contributed by atoms with Gasteiger partial charge in [0, 0.05) is 23.1 Å². The molecule has 2 heteroatoms. The Labute approximate surface area is 92.4 Å². The Morgan fingerprint density at radius 2 is 2.00 bits per heavy atom. The van der Waals surface area contributed by atoms with Crippen LogP contribution in [0.4, 0.5) is 0 Å². The molecule has 1 saturated carbocycles. The second-order valence-electron chi connectivity index (χ2n) is 5.08. The van der Waals surface area contributed by atoms with Crippen molar-refractivity contribution < 1.29 is 0 Å². The highest BCUT2D eigenvalue weighted by atomic mass is 32.2. The van der Waals surface area contributed by atoms with Gasteiger partial charge in [-0.15, -0.1) is 0 Å². The molecule has 3 atom stereocenters. The number of hydrogen-bond donors (Lipinski definition) is 1. The molecule has 1 saturated heterocycles. The van der Waals surface area contributed by atoms with Crippen molar-refractivity contribution in [2.24, 2.45) is 5.92 Å². The highest BCUT2D eigenvalue weighted by Crippen LogP contribution is 2.30. The first-order valence-electron chi connectivity index (χ1n) is 6.13. The smallest absolute Gasteiger partial charge is 0.0171 e. The van der Waals surface area contributed by atoms with E-state index >= 15 is 0 Å². The first-order valence-corrected chi connectivity index (χ1v) is 7.18. The Bertz CT molecular complexity index is 177. The summed E-state index contributed by atoms with van der Waals surface area (Å²) in [4.78, 5) is 0. The van der Waals surface area contributed by atoms with Crippen molar-refractivity contribution in [2.45, 2.75) is 63.3 Å². The number of thioether (sulfide) groups is 1. The summed E-state index contributed by atoms with van der Waals surface area (Å²) in [6.07, 6.45) is 7.23. The van der Waals surface area contributed by atoms with Crippen LogP contribution in [-0.2, 0) is 0 Å². The van der Waals surface area contributed by atoms with Gasteiger partial charge in [0.2, 0.25) is 0 Å². The van der Waals surface area contributed by atoms with Crippen LogP contribution in [0.3, 0.4) is 0 Å². The third kappa shape index (κ3) is 2.66. The molecule has 1 N–H and O–H groups in total. The highest BCUT2D eigenvalue weighted by molar-refractivity contribution is 8.00. The zero-order chi connectivity index (χ0) is 9.97. The fourth-order valence-corrected chi connectivity index (χ4v) is 4.06. The van der Waals surface area contributed by atoms with Crippen molar-refractivity contribution >= 4 is 11.8 Å². The van der Waals surface area contributed by atoms with Gasteiger partial charge in [-0.25, -0.2) is 0 Å². The fraction of sp³-hybridized carbons (Fsp3) is 1.00. The number of hydrogen-bond acceptors (Lipinski definition) is 2. The van der Waals surface area contributed by atoms with Gasteiger partial charge in [-0.2, -0.15) is 11.8 Å². The molecule has 1 heterocycles. The maximum Gasteiger partial charge on any atom is 0.0171 e. The molecule has 1 aliphatic heterocycles. The molecule has 0 aromatic rings. The molecule has 1 nitrogen and oxygen atoms in total. The maximum absolute atomic E-state index is 3.83. The summed E-state index contributed by atoms with van der Waals surface area (Å²) in [5.74, 6) is 2.30. The zero-order valence-corrected chi connectivity index (χ0v) is 10.3. The van der Waals surface area contributed by atoms with E-state index in [-0.39, 0.29) is 0 Å². The van der Waals surface area contributed by atoms with Crippen molar-refractivity contribution in [3.05, 3.63) is 0 Å². The molecule has 0 spiro atoms. The quantitative estimate of drug-likeness (QED) is 0.773. The molecule has 1 aliphatic carbocycles. The maximum atomic E-state index is 3.83. The van der Waals surface area contributed by atoms with Crippen LogP contribution in [0.15, 0.2) is 0 Å². The minimum absolute atomic E-state index is 0.758. The summed E-state index contributed by atoms with van der Waals surface area (Å²) in [5, 5.41) is 4.71. The Hall–Kier alpha value is 0.310. The molecule has 0 amide bonds. The third-order valence-corrected chi connectivity index (χ3v) is 5.16. The summed E-state index contributed by atoms with van der Waals surface area (Å²) in [5.41, 5.74) is 0. The molecule has 0 bridgehead atoms. The summed E-state index contributed by atoms with van der Waals surface area (Å²) in [6, 6.07) is 1.55. The van der Waals surface area contributed by atoms with Gasteiger partial charge < -0.3 is 5.32 Å². The van der Waals surface area contributed by atoms with Crippen molar-refractivity contribution in [3.63, 3.8) is 0 Å². The normalized spacial score (nSPS) is 36.4. The van der Waals surface area contributed by atoms with E-state index in [1.807, 2.05) is 0 Å². The van der Waals surface area contributed by atoms with Gasteiger partial charge >= 0.3 is 0 Å². The van der Waals surface area contributed by atoms with Crippen LogP contribution in [0.2, 0.25) is 0 Å². The zero-order valence-electron chi connectivity index (χ0n) is 9.46. The fourth-order valence-electron chi connectivity index (χ4n) is 2.90. The summed E-state index contributed by atoms with van der Waals surface area (Å²) in [6.45, 7) is 4.75. The lowest BCUT2D eigenvalue weighted by Gasteiger charge is -2.24. The van der Waals surface area contributed by atoms with Gasteiger partial charge in [0.05, 0.1) is 0 Å². The SMILES string of the molecule is CC1CC(N[C@H](C)C2CCCC2)CS1. The van der Waals surface area contributed by atoms with Crippen molar-refractivity contribution in [1.29, 1.82) is 0 Å². The monoisotopic (exact) mass is 213 g/mol. The van der Waals surface area contributed by atoms with Crippen molar-refractivity contribution in [2.75, 3.05) is 5.75 Å². The molecule has 2 fully saturated rings. The lowest BCUT2D eigenvalue weighted by Crippen LogP contribution is -2.40. The molecule has 82 valence electrons. The Morgan fingerprint density at radius 3 is 2.57 bits per heavy atom. The molecule has 0 aromatic carbocycles. The average Bonchev–Trinajstić information content (AvgIpc) is 2.75. The van der Waals surface area contributed by atoms with E-state index in [1.54, 1.807) is 0 Å².